The maximum Gasteiger partial charge on any atom is 0.0678 e. The first-order valence-corrected chi connectivity index (χ1v) is 6.20. The Balaban J connectivity index is 1.87. The number of hydrogen-bond donors (Lipinski definition) is 1. The van der Waals surface area contributed by atoms with Gasteiger partial charge in [0.1, 0.15) is 0 Å². The summed E-state index contributed by atoms with van der Waals surface area (Å²) in [6.07, 6.45) is 3.41. The molecule has 3 atom stereocenters. The molecule has 0 amide bonds. The van der Waals surface area contributed by atoms with Crippen LogP contribution in [0.15, 0.2) is 0 Å². The number of hydrogen-bond acceptors (Lipinski definition) is 3. The van der Waals surface area contributed by atoms with Crippen LogP contribution in [0.2, 0.25) is 0 Å². The van der Waals surface area contributed by atoms with E-state index in [1.807, 2.05) is 0 Å². The highest BCUT2D eigenvalue weighted by Crippen LogP contribution is 2.21. The molecule has 2 aliphatic rings. The van der Waals surface area contributed by atoms with Crippen molar-refractivity contribution in [1.29, 1.82) is 0 Å². The second-order valence-electron chi connectivity index (χ2n) is 5.54. The molecular weight excluding hydrogens is 188 g/mol. The van der Waals surface area contributed by atoms with Crippen LogP contribution in [-0.4, -0.2) is 48.8 Å². The fraction of sp³-hybridized carbons (Fsp3) is 1.00. The van der Waals surface area contributed by atoms with Crippen LogP contribution in [-0.2, 0) is 4.74 Å². The molecule has 15 heavy (non-hydrogen) atoms. The van der Waals surface area contributed by atoms with E-state index in [9.17, 15) is 0 Å². The lowest BCUT2D eigenvalue weighted by Crippen LogP contribution is -2.53. The largest absolute Gasteiger partial charge is 0.373 e. The van der Waals surface area contributed by atoms with Crippen LogP contribution < -0.4 is 5.32 Å². The molecule has 2 saturated heterocycles. The Morgan fingerprint density at radius 2 is 2.00 bits per heavy atom. The number of nitrogens with one attached hydrogen (secondary N) is 1. The SMILES string of the molecule is C[C@@H]1CN(CC2(C)CCCN2)C[C@H](C)O1. The van der Waals surface area contributed by atoms with Gasteiger partial charge in [0.15, 0.2) is 0 Å². The Morgan fingerprint density at radius 3 is 2.53 bits per heavy atom. The van der Waals surface area contributed by atoms with Crippen molar-refractivity contribution in [1.82, 2.24) is 10.2 Å². The second kappa shape index (κ2) is 4.40. The van der Waals surface area contributed by atoms with Gasteiger partial charge in [-0.1, -0.05) is 0 Å². The molecule has 88 valence electrons. The monoisotopic (exact) mass is 212 g/mol. The molecule has 2 aliphatic heterocycles. The lowest BCUT2D eigenvalue weighted by atomic mass is 9.99. The van der Waals surface area contributed by atoms with Gasteiger partial charge in [-0.25, -0.2) is 0 Å². The van der Waals surface area contributed by atoms with Gasteiger partial charge in [-0.3, -0.25) is 4.90 Å². The topological polar surface area (TPSA) is 24.5 Å². The summed E-state index contributed by atoms with van der Waals surface area (Å²) < 4.78 is 5.75. The first-order valence-electron chi connectivity index (χ1n) is 6.20. The molecule has 1 N–H and O–H groups in total. The zero-order valence-electron chi connectivity index (χ0n) is 10.3. The number of rotatable bonds is 2. The van der Waals surface area contributed by atoms with E-state index in [2.05, 4.69) is 31.0 Å². The van der Waals surface area contributed by atoms with Crippen molar-refractivity contribution in [2.75, 3.05) is 26.2 Å². The van der Waals surface area contributed by atoms with Gasteiger partial charge in [-0.05, 0) is 40.2 Å². The summed E-state index contributed by atoms with van der Waals surface area (Å²) in [5, 5.41) is 3.63. The third-order valence-corrected chi connectivity index (χ3v) is 3.52. The third-order valence-electron chi connectivity index (χ3n) is 3.52. The summed E-state index contributed by atoms with van der Waals surface area (Å²) in [6.45, 7) is 11.2. The highest BCUT2D eigenvalue weighted by molar-refractivity contribution is 4.92. The Morgan fingerprint density at radius 1 is 1.33 bits per heavy atom. The molecule has 0 aromatic heterocycles. The van der Waals surface area contributed by atoms with E-state index < -0.39 is 0 Å². The van der Waals surface area contributed by atoms with Gasteiger partial charge in [0.25, 0.3) is 0 Å². The van der Waals surface area contributed by atoms with Gasteiger partial charge in [0, 0.05) is 25.2 Å². The van der Waals surface area contributed by atoms with Crippen molar-refractivity contribution < 1.29 is 4.74 Å². The minimum absolute atomic E-state index is 0.344. The van der Waals surface area contributed by atoms with Crippen molar-refractivity contribution in [3.05, 3.63) is 0 Å². The van der Waals surface area contributed by atoms with Crippen molar-refractivity contribution in [2.45, 2.75) is 51.4 Å². The maximum atomic E-state index is 5.75. The molecule has 1 unspecified atom stereocenters. The summed E-state index contributed by atoms with van der Waals surface area (Å²) in [4.78, 5) is 2.55. The summed E-state index contributed by atoms with van der Waals surface area (Å²) in [5.41, 5.74) is 0.344. The second-order valence-corrected chi connectivity index (χ2v) is 5.54. The average Bonchev–Trinajstić information content (AvgIpc) is 2.49. The molecule has 3 nitrogen and oxygen atoms in total. The number of morpholine rings is 1. The minimum Gasteiger partial charge on any atom is -0.373 e. The van der Waals surface area contributed by atoms with E-state index in [-0.39, 0.29) is 0 Å². The number of nitrogens with zero attached hydrogens (tertiary/aromatic N) is 1. The molecule has 0 radical (unpaired) electrons. The first-order chi connectivity index (χ1) is 7.07. The predicted molar refractivity (Wildman–Crippen MR) is 62.1 cm³/mol. The molecule has 3 heteroatoms. The van der Waals surface area contributed by atoms with Crippen LogP contribution in [0.4, 0.5) is 0 Å². The maximum absolute atomic E-state index is 5.75. The molecule has 0 spiro atoms. The van der Waals surface area contributed by atoms with Crippen LogP contribution >= 0.6 is 0 Å². The van der Waals surface area contributed by atoms with Crippen LogP contribution in [0.1, 0.15) is 33.6 Å². The Bertz CT molecular complexity index is 204. The van der Waals surface area contributed by atoms with Gasteiger partial charge in [0.2, 0.25) is 0 Å². The lowest BCUT2D eigenvalue weighted by Gasteiger charge is -2.39. The Kier molecular flexibility index (Phi) is 3.33. The van der Waals surface area contributed by atoms with Crippen molar-refractivity contribution in [3.63, 3.8) is 0 Å². The molecule has 2 rings (SSSR count). The zero-order chi connectivity index (χ0) is 10.9. The normalized spacial score (nSPS) is 43.4. The lowest BCUT2D eigenvalue weighted by molar-refractivity contribution is -0.0728. The summed E-state index contributed by atoms with van der Waals surface area (Å²) in [6, 6.07) is 0. The minimum atomic E-state index is 0.344. The van der Waals surface area contributed by atoms with E-state index in [1.165, 1.54) is 25.9 Å². The molecule has 2 fully saturated rings. The smallest absolute Gasteiger partial charge is 0.0678 e. The van der Waals surface area contributed by atoms with E-state index in [1.54, 1.807) is 0 Å². The van der Waals surface area contributed by atoms with Crippen molar-refractivity contribution in [3.8, 4) is 0 Å². The highest BCUT2D eigenvalue weighted by Gasteiger charge is 2.32. The van der Waals surface area contributed by atoms with E-state index >= 15 is 0 Å². The molecular formula is C12H24N2O. The third kappa shape index (κ3) is 2.92. The van der Waals surface area contributed by atoms with Crippen LogP contribution in [0.3, 0.4) is 0 Å². The summed E-state index contributed by atoms with van der Waals surface area (Å²) in [5.74, 6) is 0. The summed E-state index contributed by atoms with van der Waals surface area (Å²) in [7, 11) is 0. The molecule has 2 heterocycles. The molecule has 0 aliphatic carbocycles. The predicted octanol–water partition coefficient (Wildman–Crippen LogP) is 1.24. The summed E-state index contributed by atoms with van der Waals surface area (Å²) >= 11 is 0. The molecule has 0 saturated carbocycles. The van der Waals surface area contributed by atoms with Gasteiger partial charge in [0.05, 0.1) is 12.2 Å². The fourth-order valence-corrected chi connectivity index (χ4v) is 3.00. The van der Waals surface area contributed by atoms with Crippen LogP contribution in [0.25, 0.3) is 0 Å². The average molecular weight is 212 g/mol. The molecule has 0 aromatic rings. The zero-order valence-corrected chi connectivity index (χ0v) is 10.3. The van der Waals surface area contributed by atoms with Gasteiger partial charge in [-0.15, -0.1) is 0 Å². The van der Waals surface area contributed by atoms with Gasteiger partial charge < -0.3 is 10.1 Å². The van der Waals surface area contributed by atoms with Crippen molar-refractivity contribution in [2.24, 2.45) is 0 Å². The van der Waals surface area contributed by atoms with E-state index in [4.69, 9.17) is 4.74 Å². The van der Waals surface area contributed by atoms with Gasteiger partial charge >= 0.3 is 0 Å². The number of ether oxygens (including phenoxy) is 1. The van der Waals surface area contributed by atoms with E-state index in [0.717, 1.165) is 13.1 Å². The Hall–Kier alpha value is -0.120. The highest BCUT2D eigenvalue weighted by atomic mass is 16.5. The quantitative estimate of drug-likeness (QED) is 0.745. The van der Waals surface area contributed by atoms with E-state index in [0.29, 0.717) is 17.7 Å². The van der Waals surface area contributed by atoms with Gasteiger partial charge in [-0.2, -0.15) is 0 Å². The first kappa shape index (κ1) is 11.4. The Labute approximate surface area is 93.2 Å². The standard InChI is InChI=1S/C12H24N2O/c1-10-7-14(8-11(2)15-10)9-12(3)5-4-6-13-12/h10-11,13H,4-9H2,1-3H3/t10-,11+,12?. The van der Waals surface area contributed by atoms with Crippen LogP contribution in [0.5, 0.6) is 0 Å². The molecule has 0 aromatic carbocycles. The molecule has 0 bridgehead atoms. The van der Waals surface area contributed by atoms with Crippen molar-refractivity contribution >= 4 is 0 Å². The van der Waals surface area contributed by atoms with Crippen LogP contribution in [0, 0.1) is 0 Å². The fourth-order valence-electron chi connectivity index (χ4n) is 3.00.